The van der Waals surface area contributed by atoms with Gasteiger partial charge < -0.3 is 20.6 Å². The van der Waals surface area contributed by atoms with Gasteiger partial charge in [-0.25, -0.2) is 4.79 Å². The van der Waals surface area contributed by atoms with E-state index in [-0.39, 0.29) is 12.1 Å². The van der Waals surface area contributed by atoms with Gasteiger partial charge in [-0.2, -0.15) is 13.2 Å². The molecule has 0 fully saturated rings. The van der Waals surface area contributed by atoms with Crippen LogP contribution in [0.15, 0.2) is 12.1 Å². The van der Waals surface area contributed by atoms with Crippen molar-refractivity contribution in [2.75, 3.05) is 18.5 Å². The van der Waals surface area contributed by atoms with Crippen LogP contribution in [0.5, 0.6) is 0 Å². The van der Waals surface area contributed by atoms with E-state index in [9.17, 15) is 28.1 Å². The summed E-state index contributed by atoms with van der Waals surface area (Å²) in [4.78, 5) is 20.8. The number of carbonyl (C=O) groups is 1. The molecule has 22 heavy (non-hydrogen) atoms. The number of anilines is 1. The zero-order valence-corrected chi connectivity index (χ0v) is 10.8. The van der Waals surface area contributed by atoms with E-state index in [0.29, 0.717) is 0 Å². The zero-order valence-electron chi connectivity index (χ0n) is 10.8. The summed E-state index contributed by atoms with van der Waals surface area (Å²) in [6.07, 6.45) is -6.33. The lowest BCUT2D eigenvalue weighted by atomic mass is 10.1. The van der Waals surface area contributed by atoms with Crippen LogP contribution < -0.4 is 5.32 Å². The molecule has 122 valence electrons. The van der Waals surface area contributed by atoms with Crippen LogP contribution in [0.3, 0.4) is 0 Å². The summed E-state index contributed by atoms with van der Waals surface area (Å²) in [5.74, 6) is -1.81. The summed E-state index contributed by atoms with van der Waals surface area (Å²) >= 11 is 0. The monoisotopic (exact) mass is 324 g/mol. The molecule has 1 unspecified atom stereocenters. The Morgan fingerprint density at radius 3 is 2.41 bits per heavy atom. The number of hydrogen-bond acceptors (Lipinski definition) is 6. The average Bonchev–Trinajstić information content (AvgIpc) is 2.42. The van der Waals surface area contributed by atoms with Gasteiger partial charge in [0.1, 0.15) is 5.69 Å². The van der Waals surface area contributed by atoms with Gasteiger partial charge in [-0.3, -0.25) is 10.1 Å². The van der Waals surface area contributed by atoms with Crippen molar-refractivity contribution < 1.29 is 38.2 Å². The molecule has 0 aliphatic carbocycles. The minimum absolute atomic E-state index is 0.195. The Balaban J connectivity index is 3.44. The molecule has 0 amide bonds. The van der Waals surface area contributed by atoms with E-state index in [1.165, 1.54) is 0 Å². The lowest BCUT2D eigenvalue weighted by Crippen LogP contribution is -2.24. The summed E-state index contributed by atoms with van der Waals surface area (Å²) in [6, 6.07) is 0.448. The Kier molecular flexibility index (Phi) is 5.28. The molecule has 1 atom stereocenters. The number of nitrogens with one attached hydrogen (secondary N) is 1. The summed E-state index contributed by atoms with van der Waals surface area (Å²) < 4.78 is 38.0. The van der Waals surface area contributed by atoms with Crippen LogP contribution in [0.4, 0.5) is 24.5 Å². The van der Waals surface area contributed by atoms with Gasteiger partial charge in [0.05, 0.1) is 28.8 Å². The smallest absolute Gasteiger partial charge is 0.416 e. The fourth-order valence-electron chi connectivity index (χ4n) is 1.57. The fourth-order valence-corrected chi connectivity index (χ4v) is 1.57. The molecule has 4 N–H and O–H groups in total. The second-order valence-corrected chi connectivity index (χ2v) is 4.20. The molecule has 1 aromatic carbocycles. The molecule has 0 radical (unpaired) electrons. The zero-order chi connectivity index (χ0) is 17.1. The molecule has 1 rings (SSSR count). The number of nitro benzene ring substituents is 1. The van der Waals surface area contributed by atoms with Crippen LogP contribution in [-0.2, 0) is 6.18 Å². The van der Waals surface area contributed by atoms with Crippen molar-refractivity contribution in [3.8, 4) is 0 Å². The van der Waals surface area contributed by atoms with Gasteiger partial charge in [-0.05, 0) is 6.07 Å². The van der Waals surface area contributed by atoms with Crippen molar-refractivity contribution in [1.82, 2.24) is 0 Å². The number of aliphatic hydroxyl groups is 2. The normalized spacial score (nSPS) is 12.8. The highest BCUT2D eigenvalue weighted by molar-refractivity contribution is 5.97. The Morgan fingerprint density at radius 2 is 2.00 bits per heavy atom. The van der Waals surface area contributed by atoms with E-state index in [0.717, 1.165) is 0 Å². The Bertz CT molecular complexity index is 555. The molecule has 0 aliphatic heterocycles. The van der Waals surface area contributed by atoms with E-state index in [2.05, 4.69) is 5.32 Å². The van der Waals surface area contributed by atoms with E-state index in [1.54, 1.807) is 0 Å². The summed E-state index contributed by atoms with van der Waals surface area (Å²) in [7, 11) is 0. The van der Waals surface area contributed by atoms with Crippen molar-refractivity contribution in [2.45, 2.75) is 12.3 Å². The fraction of sp³-hybridized carbons (Fsp3) is 0.364. The van der Waals surface area contributed by atoms with Crippen molar-refractivity contribution >= 4 is 17.3 Å². The number of benzene rings is 1. The minimum Gasteiger partial charge on any atom is -0.478 e. The Labute approximate surface area is 120 Å². The van der Waals surface area contributed by atoms with Crippen molar-refractivity contribution in [1.29, 1.82) is 0 Å². The molecular formula is C11H11F3N2O6. The van der Waals surface area contributed by atoms with Crippen LogP contribution in [0, 0.1) is 10.1 Å². The maximum atomic E-state index is 12.7. The van der Waals surface area contributed by atoms with Gasteiger partial charge >= 0.3 is 12.1 Å². The number of carboxylic acids is 1. The second-order valence-electron chi connectivity index (χ2n) is 4.20. The van der Waals surface area contributed by atoms with Gasteiger partial charge in [0, 0.05) is 12.6 Å². The topological polar surface area (TPSA) is 133 Å². The first-order valence-corrected chi connectivity index (χ1v) is 5.73. The Morgan fingerprint density at radius 1 is 1.41 bits per heavy atom. The first kappa shape index (κ1) is 17.7. The van der Waals surface area contributed by atoms with Crippen molar-refractivity contribution in [2.24, 2.45) is 0 Å². The largest absolute Gasteiger partial charge is 0.478 e. The van der Waals surface area contributed by atoms with Gasteiger partial charge in [-0.1, -0.05) is 0 Å². The maximum absolute atomic E-state index is 12.7. The number of rotatable bonds is 6. The molecule has 0 spiro atoms. The third-order valence-corrected chi connectivity index (χ3v) is 2.60. The first-order chi connectivity index (χ1) is 10.1. The second kappa shape index (κ2) is 6.58. The maximum Gasteiger partial charge on any atom is 0.416 e. The first-order valence-electron chi connectivity index (χ1n) is 5.73. The molecule has 0 saturated carbocycles. The standard InChI is InChI=1S/C11H11F3N2O6/c12-11(13,14)5-1-7(10(19)20)9(8(2-5)16(21)22)15-3-6(18)4-17/h1-2,6,15,17-18H,3-4H2,(H,19,20). The summed E-state index contributed by atoms with van der Waals surface area (Å²) in [6.45, 7) is -1.20. The van der Waals surface area contributed by atoms with E-state index in [1.807, 2.05) is 0 Å². The van der Waals surface area contributed by atoms with Crippen LogP contribution in [0.1, 0.15) is 15.9 Å². The average molecular weight is 324 g/mol. The van der Waals surface area contributed by atoms with Crippen LogP contribution in [-0.4, -0.2) is 45.5 Å². The van der Waals surface area contributed by atoms with Crippen molar-refractivity contribution in [3.63, 3.8) is 0 Å². The molecule has 8 nitrogen and oxygen atoms in total. The van der Waals surface area contributed by atoms with Gasteiger partial charge in [0.25, 0.3) is 5.69 Å². The molecule has 0 bridgehead atoms. The Hall–Kier alpha value is -2.40. The van der Waals surface area contributed by atoms with E-state index in [4.69, 9.17) is 15.3 Å². The highest BCUT2D eigenvalue weighted by Crippen LogP contribution is 2.37. The van der Waals surface area contributed by atoms with Crippen molar-refractivity contribution in [3.05, 3.63) is 33.4 Å². The molecule has 11 heteroatoms. The predicted octanol–water partition coefficient (Wildman–Crippen LogP) is 1.08. The molecule has 0 aliphatic rings. The predicted molar refractivity (Wildman–Crippen MR) is 66.6 cm³/mol. The van der Waals surface area contributed by atoms with Crippen LogP contribution in [0.2, 0.25) is 0 Å². The number of aromatic carboxylic acids is 1. The number of carboxylic acid groups (broad SMARTS) is 1. The van der Waals surface area contributed by atoms with E-state index >= 15 is 0 Å². The highest BCUT2D eigenvalue weighted by atomic mass is 19.4. The van der Waals surface area contributed by atoms with Crippen LogP contribution >= 0.6 is 0 Å². The number of halogens is 3. The molecule has 1 aromatic rings. The SMILES string of the molecule is O=C(O)c1cc(C(F)(F)F)cc([N+](=O)[O-])c1NCC(O)CO. The van der Waals surface area contributed by atoms with Gasteiger partial charge in [-0.15, -0.1) is 0 Å². The number of hydrogen-bond donors (Lipinski definition) is 4. The lowest BCUT2D eigenvalue weighted by Gasteiger charge is -2.15. The van der Waals surface area contributed by atoms with Gasteiger partial charge in [0.2, 0.25) is 0 Å². The molecule has 0 heterocycles. The van der Waals surface area contributed by atoms with Crippen LogP contribution in [0.25, 0.3) is 0 Å². The summed E-state index contributed by atoms with van der Waals surface area (Å²) in [5.41, 5.74) is -4.23. The molecule has 0 aromatic heterocycles. The minimum atomic E-state index is -4.96. The third-order valence-electron chi connectivity index (χ3n) is 2.60. The molecular weight excluding hydrogens is 313 g/mol. The van der Waals surface area contributed by atoms with E-state index < -0.39 is 58.8 Å². The number of nitrogens with zero attached hydrogens (tertiary/aromatic N) is 1. The highest BCUT2D eigenvalue weighted by Gasteiger charge is 2.35. The molecule has 0 saturated heterocycles. The summed E-state index contributed by atoms with van der Waals surface area (Å²) in [5, 5.41) is 39.8. The lowest BCUT2D eigenvalue weighted by molar-refractivity contribution is -0.384. The number of aliphatic hydroxyl groups excluding tert-OH is 2. The number of nitro groups is 1. The van der Waals surface area contributed by atoms with Gasteiger partial charge in [0.15, 0.2) is 0 Å². The quantitative estimate of drug-likeness (QED) is 0.454. The third kappa shape index (κ3) is 4.05. The number of alkyl halides is 3.